The van der Waals surface area contributed by atoms with Crippen LogP contribution in [0.25, 0.3) is 5.57 Å². The number of piperidine rings is 1. The highest BCUT2D eigenvalue weighted by Crippen LogP contribution is 2.60. The molecule has 0 radical (unpaired) electrons. The third kappa shape index (κ3) is 3.39. The molecule has 3 aliphatic rings. The monoisotopic (exact) mass is 398 g/mol. The molecule has 3 atom stereocenters. The number of sulfonamides is 1. The van der Waals surface area contributed by atoms with E-state index in [0.29, 0.717) is 37.0 Å². The van der Waals surface area contributed by atoms with Crippen LogP contribution in [0.3, 0.4) is 0 Å². The van der Waals surface area contributed by atoms with Gasteiger partial charge in [0.1, 0.15) is 0 Å². The van der Waals surface area contributed by atoms with Gasteiger partial charge in [0.25, 0.3) is 0 Å². The number of halogens is 2. The number of nitrogens with zero attached hydrogens (tertiary/aromatic N) is 1. The Hall–Kier alpha value is -1.51. The fraction of sp³-hybridized carbons (Fsp3) is 0.579. The van der Waals surface area contributed by atoms with E-state index in [9.17, 15) is 17.2 Å². The number of hydrogen-bond acceptors (Lipinski definition) is 4. The minimum absolute atomic E-state index is 0.186. The first-order valence-corrected chi connectivity index (χ1v) is 11.0. The zero-order valence-corrected chi connectivity index (χ0v) is 16.3. The summed E-state index contributed by atoms with van der Waals surface area (Å²) in [7, 11) is -3.26. The molecule has 8 heteroatoms. The van der Waals surface area contributed by atoms with Gasteiger partial charge in [0.2, 0.25) is 10.0 Å². The number of nitrogens with one attached hydrogen (secondary N) is 1. The Balaban J connectivity index is 1.45. The van der Waals surface area contributed by atoms with Crippen molar-refractivity contribution in [3.63, 3.8) is 0 Å². The third-order valence-corrected chi connectivity index (χ3v) is 7.63. The summed E-state index contributed by atoms with van der Waals surface area (Å²) in [5, 5.41) is 3.32. The van der Waals surface area contributed by atoms with Gasteiger partial charge < -0.3 is 10.1 Å². The SMILES string of the molecule is CC12CNCC1C2COc1c(F)cc(C2=CCN(S(C)(=O)=O)CC2)cc1F. The number of hydrogen-bond donors (Lipinski definition) is 1. The smallest absolute Gasteiger partial charge is 0.211 e. The van der Waals surface area contributed by atoms with Gasteiger partial charge in [-0.25, -0.2) is 17.2 Å². The minimum atomic E-state index is -3.26. The minimum Gasteiger partial charge on any atom is -0.487 e. The van der Waals surface area contributed by atoms with Crippen LogP contribution >= 0.6 is 0 Å². The molecule has 2 fully saturated rings. The second-order valence-corrected chi connectivity index (χ2v) is 10.0. The van der Waals surface area contributed by atoms with Gasteiger partial charge in [0, 0.05) is 25.6 Å². The van der Waals surface area contributed by atoms with Crippen molar-refractivity contribution in [3.8, 4) is 5.75 Å². The van der Waals surface area contributed by atoms with E-state index in [1.54, 1.807) is 6.08 Å². The second-order valence-electron chi connectivity index (χ2n) is 8.03. The maximum Gasteiger partial charge on any atom is 0.211 e. The highest BCUT2D eigenvalue weighted by atomic mass is 32.2. The molecule has 2 heterocycles. The van der Waals surface area contributed by atoms with Crippen LogP contribution in [0.1, 0.15) is 18.9 Å². The normalized spacial score (nSPS) is 30.7. The van der Waals surface area contributed by atoms with Crippen LogP contribution < -0.4 is 10.1 Å². The largest absolute Gasteiger partial charge is 0.487 e. The van der Waals surface area contributed by atoms with Crippen LogP contribution in [-0.4, -0.2) is 51.8 Å². The van der Waals surface area contributed by atoms with E-state index in [1.165, 1.54) is 16.4 Å². The van der Waals surface area contributed by atoms with Crippen LogP contribution in [0, 0.1) is 28.9 Å². The van der Waals surface area contributed by atoms with Crippen molar-refractivity contribution < 1.29 is 21.9 Å². The molecule has 2 aliphatic heterocycles. The molecule has 1 saturated heterocycles. The standard InChI is InChI=1S/C19H24F2N2O3S/c1-19-11-22-9-14(19)15(19)10-26-18-16(20)7-13(8-17(18)21)12-3-5-23(6-4-12)27(2,24)25/h3,7-8,14-15,22H,4-6,9-11H2,1-2H3. The average molecular weight is 398 g/mol. The van der Waals surface area contributed by atoms with Crippen molar-refractivity contribution in [2.45, 2.75) is 13.3 Å². The average Bonchev–Trinajstić information content (AvgIpc) is 2.94. The van der Waals surface area contributed by atoms with Crippen LogP contribution in [0.5, 0.6) is 5.75 Å². The van der Waals surface area contributed by atoms with Crippen LogP contribution in [0.4, 0.5) is 8.78 Å². The Labute approximate surface area is 158 Å². The van der Waals surface area contributed by atoms with Gasteiger partial charge in [-0.3, -0.25) is 0 Å². The number of benzene rings is 1. The Morgan fingerprint density at radius 2 is 2.04 bits per heavy atom. The molecular formula is C19H24F2N2O3S. The van der Waals surface area contributed by atoms with Crippen molar-refractivity contribution in [2.75, 3.05) is 39.0 Å². The van der Waals surface area contributed by atoms with Gasteiger partial charge >= 0.3 is 0 Å². The van der Waals surface area contributed by atoms with Crippen LogP contribution in [0.2, 0.25) is 0 Å². The zero-order chi connectivity index (χ0) is 19.4. The van der Waals surface area contributed by atoms with Gasteiger partial charge in [-0.15, -0.1) is 0 Å². The predicted molar refractivity (Wildman–Crippen MR) is 98.8 cm³/mol. The molecule has 0 spiro atoms. The van der Waals surface area contributed by atoms with Gasteiger partial charge in [0.05, 0.1) is 12.9 Å². The van der Waals surface area contributed by atoms with E-state index in [1.807, 2.05) is 0 Å². The molecule has 1 aromatic rings. The number of ether oxygens (including phenoxy) is 1. The summed E-state index contributed by atoms with van der Waals surface area (Å²) in [5.41, 5.74) is 1.37. The lowest BCUT2D eigenvalue weighted by Gasteiger charge is -2.24. The van der Waals surface area contributed by atoms with Crippen molar-refractivity contribution in [1.82, 2.24) is 9.62 Å². The lowest BCUT2D eigenvalue weighted by molar-refractivity contribution is 0.244. The third-order valence-electron chi connectivity index (χ3n) is 6.36. The van der Waals surface area contributed by atoms with Crippen molar-refractivity contribution in [1.29, 1.82) is 0 Å². The fourth-order valence-electron chi connectivity index (χ4n) is 4.48. The maximum atomic E-state index is 14.5. The van der Waals surface area contributed by atoms with Gasteiger partial charge in [-0.05, 0) is 47.6 Å². The number of fused-ring (bicyclic) bond motifs is 1. The molecule has 148 valence electrons. The van der Waals surface area contributed by atoms with Gasteiger partial charge in [0.15, 0.2) is 17.4 Å². The maximum absolute atomic E-state index is 14.5. The Bertz CT molecular complexity index is 879. The summed E-state index contributed by atoms with van der Waals surface area (Å²) < 4.78 is 58.9. The first-order chi connectivity index (χ1) is 12.7. The van der Waals surface area contributed by atoms with E-state index in [-0.39, 0.29) is 17.7 Å². The highest BCUT2D eigenvalue weighted by Gasteiger charge is 2.63. The van der Waals surface area contributed by atoms with E-state index >= 15 is 0 Å². The van der Waals surface area contributed by atoms with Crippen LogP contribution in [0.15, 0.2) is 18.2 Å². The molecule has 3 unspecified atom stereocenters. The molecule has 0 bridgehead atoms. The molecule has 27 heavy (non-hydrogen) atoms. The van der Waals surface area contributed by atoms with Crippen molar-refractivity contribution in [3.05, 3.63) is 35.4 Å². The van der Waals surface area contributed by atoms with Crippen molar-refractivity contribution >= 4 is 15.6 Å². The quantitative estimate of drug-likeness (QED) is 0.827. The Morgan fingerprint density at radius 3 is 2.56 bits per heavy atom. The molecule has 1 N–H and O–H groups in total. The Morgan fingerprint density at radius 1 is 1.33 bits per heavy atom. The molecule has 4 rings (SSSR count). The molecule has 1 aromatic carbocycles. The molecule has 5 nitrogen and oxygen atoms in total. The highest BCUT2D eigenvalue weighted by molar-refractivity contribution is 7.88. The molecule has 1 saturated carbocycles. The first-order valence-electron chi connectivity index (χ1n) is 9.17. The first kappa shape index (κ1) is 18.8. The molecule has 0 aromatic heterocycles. The summed E-state index contributed by atoms with van der Waals surface area (Å²) in [4.78, 5) is 0. The summed E-state index contributed by atoms with van der Waals surface area (Å²) in [6, 6.07) is 2.55. The van der Waals surface area contributed by atoms with Crippen molar-refractivity contribution in [2.24, 2.45) is 17.3 Å². The van der Waals surface area contributed by atoms with E-state index in [0.717, 1.165) is 24.9 Å². The summed E-state index contributed by atoms with van der Waals surface area (Å²) in [6.07, 6.45) is 3.28. The molecular weight excluding hydrogens is 374 g/mol. The molecule has 0 amide bonds. The zero-order valence-electron chi connectivity index (χ0n) is 15.5. The topological polar surface area (TPSA) is 58.6 Å². The fourth-order valence-corrected chi connectivity index (χ4v) is 5.24. The summed E-state index contributed by atoms with van der Waals surface area (Å²) >= 11 is 0. The summed E-state index contributed by atoms with van der Waals surface area (Å²) in [5.74, 6) is -0.904. The van der Waals surface area contributed by atoms with Gasteiger partial charge in [-0.2, -0.15) is 4.31 Å². The Kier molecular flexibility index (Phi) is 4.56. The van der Waals surface area contributed by atoms with E-state index in [4.69, 9.17) is 4.74 Å². The second kappa shape index (κ2) is 6.53. The van der Waals surface area contributed by atoms with Gasteiger partial charge in [-0.1, -0.05) is 13.0 Å². The van der Waals surface area contributed by atoms with E-state index in [2.05, 4.69) is 12.2 Å². The summed E-state index contributed by atoms with van der Waals surface area (Å²) in [6.45, 7) is 4.88. The molecule has 1 aliphatic carbocycles. The van der Waals surface area contributed by atoms with Crippen LogP contribution in [-0.2, 0) is 10.0 Å². The van der Waals surface area contributed by atoms with E-state index < -0.39 is 21.7 Å². The lowest BCUT2D eigenvalue weighted by atomic mass is 10.00. The predicted octanol–water partition coefficient (Wildman–Crippen LogP) is 2.25. The number of rotatable bonds is 5. The lowest BCUT2D eigenvalue weighted by Crippen LogP contribution is -2.33.